The van der Waals surface area contributed by atoms with Crippen molar-refractivity contribution < 1.29 is 80.5 Å². The summed E-state index contributed by atoms with van der Waals surface area (Å²) >= 11 is 2.74. The molecule has 0 saturated carbocycles. The van der Waals surface area contributed by atoms with Crippen LogP contribution < -0.4 is 89.2 Å². The number of carbonyl (C=O) groups is 5. The molecule has 5 unspecified atom stereocenters. The molecule has 5 aromatic rings. The van der Waals surface area contributed by atoms with Gasteiger partial charge in [-0.15, -0.1) is 20.4 Å². The van der Waals surface area contributed by atoms with Crippen LogP contribution in [0.2, 0.25) is 0 Å². The molecule has 0 saturated heterocycles. The zero-order valence-electron chi connectivity index (χ0n) is 47.4. The van der Waals surface area contributed by atoms with Crippen molar-refractivity contribution in [2.45, 2.75) is 144 Å². The van der Waals surface area contributed by atoms with Crippen LogP contribution in [0.1, 0.15) is 133 Å². The maximum absolute atomic E-state index is 14.3. The van der Waals surface area contributed by atoms with Crippen LogP contribution in [0.4, 0.5) is 10.3 Å². The zero-order chi connectivity index (χ0) is 56.7. The number of nitrogens with one attached hydrogen (secondary N) is 4. The molecule has 2 aliphatic heterocycles. The first-order chi connectivity index (χ1) is 37.0. The molecule has 3 aliphatic rings. The van der Waals surface area contributed by atoms with Crippen molar-refractivity contribution in [2.24, 2.45) is 39.5 Å². The number of aliphatic carboxylic acids is 1. The molecule has 3 aromatic carbocycles. The van der Waals surface area contributed by atoms with Crippen molar-refractivity contribution in [3.8, 4) is 0 Å². The Morgan fingerprint density at radius 1 is 0.797 bits per heavy atom. The standard InChI is InChI=1S/C56H70N10O4S2.C4H8O2.K/c1-36-42(33-47(69)61-52-65-63-49(71-52)21-15-14-20-43(57)26-27-44(58)59-45(67)30-38-16-10-8-11-17-38)35-54(36,6)56(53(3,4)5)34-41-24-22-40(23-25-41)31-46(68)60-51-66-64-50(72-51)28-29-55(7,37(56)2)62-48(70)32-39-18-12-9-13-19-39;1-2-3-4(5)6;/h8-13,16-19,22-27,35-37H,14-15,20-21,28-34,57-58H2,1-7H3,(H,59,67)(H,62,70)(H,60,66,68)(H,61,65,69);2-3H2,1H3,(H,5,6);/q;;+1/p-1/b43-26-,44-27+;;. The van der Waals surface area contributed by atoms with Crippen molar-refractivity contribution >= 4 is 62.5 Å². The van der Waals surface area contributed by atoms with Crippen LogP contribution >= 0.6 is 22.7 Å². The zero-order valence-corrected chi connectivity index (χ0v) is 52.1. The average Bonchev–Trinajstić information content (AvgIpc) is 4.18. The molecule has 4 bridgehead atoms. The summed E-state index contributed by atoms with van der Waals surface area (Å²) < 4.78 is 0. The van der Waals surface area contributed by atoms with Gasteiger partial charge in [0.1, 0.15) is 15.8 Å². The van der Waals surface area contributed by atoms with E-state index in [0.29, 0.717) is 54.5 Å². The molecule has 79 heavy (non-hydrogen) atoms. The van der Waals surface area contributed by atoms with Gasteiger partial charge in [-0.25, -0.2) is 0 Å². The van der Waals surface area contributed by atoms with Gasteiger partial charge in [-0.1, -0.05) is 174 Å². The number of allylic oxidation sites excluding steroid dienone is 4. The van der Waals surface area contributed by atoms with E-state index in [1.165, 1.54) is 22.7 Å². The molecule has 16 nitrogen and oxygen atoms in total. The Hall–Kier alpha value is -5.41. The first kappa shape index (κ1) is 64.4. The minimum atomic E-state index is -0.961. The fraction of sp³-hybridized carbons (Fsp3) is 0.450. The van der Waals surface area contributed by atoms with E-state index in [2.05, 4.69) is 108 Å². The predicted octanol–water partition coefficient (Wildman–Crippen LogP) is 5.71. The van der Waals surface area contributed by atoms with Gasteiger partial charge in [0.25, 0.3) is 0 Å². The number of aromatic nitrogens is 4. The van der Waals surface area contributed by atoms with Gasteiger partial charge >= 0.3 is 51.4 Å². The topological polar surface area (TPSA) is 260 Å². The van der Waals surface area contributed by atoms with E-state index in [1.807, 2.05) is 72.8 Å². The van der Waals surface area contributed by atoms with Gasteiger partial charge in [-0.3, -0.25) is 19.2 Å². The third-order valence-corrected chi connectivity index (χ3v) is 17.4. The number of carboxylic acids is 1. The molecular weight excluding hydrogens is 1060 g/mol. The molecule has 0 spiro atoms. The third kappa shape index (κ3) is 17.8. The second-order valence-corrected chi connectivity index (χ2v) is 24.3. The van der Waals surface area contributed by atoms with Crippen LogP contribution in [0.5, 0.6) is 0 Å². The minimum absolute atomic E-state index is 0. The van der Waals surface area contributed by atoms with Gasteiger partial charge in [-0.2, -0.15) is 0 Å². The number of carbonyl (C=O) groups excluding carboxylic acids is 5. The molecule has 5 atom stereocenters. The number of nitrogens with zero attached hydrogens (tertiary/aromatic N) is 4. The van der Waals surface area contributed by atoms with E-state index in [0.717, 1.165) is 50.7 Å². The van der Waals surface area contributed by atoms with Crippen LogP contribution in [0, 0.1) is 28.1 Å². The maximum Gasteiger partial charge on any atom is 1.00 e. The Balaban J connectivity index is 0.00000155. The summed E-state index contributed by atoms with van der Waals surface area (Å²) in [4.78, 5) is 63.0. The van der Waals surface area contributed by atoms with Crippen molar-refractivity contribution in [2.75, 3.05) is 10.6 Å². The molecule has 0 fully saturated rings. The SMILES string of the molecule is CC1C(CC(=O)Nc2nnc(CCCC/C(N)=C/C=C(\N)NC(=O)Cc3ccccc3)s2)=CC1(C)C1(C(C)(C)C)Cc2ccc(cc2)CC(=O)Nc2nnc(s2)CCC(C)(NC(=O)Cc2ccccc2)C1C.CCCC(=O)[O-].[K+]. The fourth-order valence-electron chi connectivity index (χ4n) is 11.3. The van der Waals surface area contributed by atoms with Gasteiger partial charge in [0, 0.05) is 36.5 Å². The molecule has 8 rings (SSSR count). The third-order valence-electron chi connectivity index (χ3n) is 15.6. The molecule has 1 aliphatic carbocycles. The number of anilines is 2. The normalized spacial score (nSPS) is 21.4. The van der Waals surface area contributed by atoms with Gasteiger partial charge < -0.3 is 42.6 Å². The van der Waals surface area contributed by atoms with E-state index in [-0.39, 0.29) is 130 Å². The second kappa shape index (κ2) is 29.3. The molecule has 8 N–H and O–H groups in total. The Morgan fingerprint density at radius 2 is 1.43 bits per heavy atom. The fourth-order valence-corrected chi connectivity index (χ4v) is 12.9. The molecule has 4 heterocycles. The molecule has 0 radical (unpaired) electrons. The van der Waals surface area contributed by atoms with Crippen molar-refractivity contribution in [3.63, 3.8) is 0 Å². The molecule has 4 amide bonds. The van der Waals surface area contributed by atoms with Crippen LogP contribution in [0.15, 0.2) is 120 Å². The van der Waals surface area contributed by atoms with Crippen molar-refractivity contribution in [3.05, 3.63) is 153 Å². The Bertz CT molecular complexity index is 2960. The molecule has 416 valence electrons. The van der Waals surface area contributed by atoms with Crippen molar-refractivity contribution in [1.29, 1.82) is 0 Å². The van der Waals surface area contributed by atoms with Crippen molar-refractivity contribution in [1.82, 2.24) is 31.0 Å². The minimum Gasteiger partial charge on any atom is -0.550 e. The number of hydrogen-bond donors (Lipinski definition) is 6. The summed E-state index contributed by atoms with van der Waals surface area (Å²) in [6.45, 7) is 17.8. The van der Waals surface area contributed by atoms with Crippen LogP contribution in [-0.2, 0) is 62.5 Å². The van der Waals surface area contributed by atoms with E-state index < -0.39 is 22.3 Å². The average molecular weight is 1140 g/mol. The van der Waals surface area contributed by atoms with E-state index in [4.69, 9.17) is 11.5 Å². The number of nitrogens with two attached hydrogens (primary N) is 2. The molecular formula is C60H77KN10O6S2. The number of benzene rings is 3. The number of hydrogen-bond acceptors (Lipinski definition) is 14. The smallest absolute Gasteiger partial charge is 0.550 e. The number of aryl methyl sites for hydroxylation is 2. The van der Waals surface area contributed by atoms with Gasteiger partial charge in [-0.05, 0) is 108 Å². The summed E-state index contributed by atoms with van der Waals surface area (Å²) in [7, 11) is 0. The van der Waals surface area contributed by atoms with E-state index in [1.54, 1.807) is 19.1 Å². The van der Waals surface area contributed by atoms with E-state index >= 15 is 0 Å². The first-order valence-electron chi connectivity index (χ1n) is 26.9. The molecule has 2 aromatic heterocycles. The summed E-state index contributed by atoms with van der Waals surface area (Å²) in [5.41, 5.74) is 15.8. The maximum atomic E-state index is 14.3. The summed E-state index contributed by atoms with van der Waals surface area (Å²) in [6.07, 6.45) is 12.2. The first-order valence-corrected chi connectivity index (χ1v) is 28.5. The summed E-state index contributed by atoms with van der Waals surface area (Å²) in [5.74, 6) is -1.40. The molecule has 19 heteroatoms. The summed E-state index contributed by atoms with van der Waals surface area (Å²) in [6, 6.07) is 27.6. The monoisotopic (exact) mass is 1140 g/mol. The predicted molar refractivity (Wildman–Crippen MR) is 307 cm³/mol. The van der Waals surface area contributed by atoms with Gasteiger partial charge in [0.15, 0.2) is 0 Å². The Kier molecular flexibility index (Phi) is 23.9. The van der Waals surface area contributed by atoms with Gasteiger partial charge in [0.05, 0.1) is 19.3 Å². The Morgan fingerprint density at radius 3 is 2.03 bits per heavy atom. The van der Waals surface area contributed by atoms with Crippen LogP contribution in [-0.4, -0.2) is 55.5 Å². The van der Waals surface area contributed by atoms with Gasteiger partial charge in [0.2, 0.25) is 33.9 Å². The second-order valence-electron chi connectivity index (χ2n) is 22.1. The van der Waals surface area contributed by atoms with Crippen LogP contribution in [0.25, 0.3) is 0 Å². The number of unbranched alkanes of at least 4 members (excludes halogenated alkanes) is 1. The van der Waals surface area contributed by atoms with Crippen LogP contribution in [0.3, 0.4) is 0 Å². The van der Waals surface area contributed by atoms with E-state index in [9.17, 15) is 29.1 Å². The number of amides is 4. The number of fused-ring (bicyclic) bond motifs is 9. The number of carboxylic acid groups (broad SMARTS) is 1. The largest absolute Gasteiger partial charge is 1.00 e. The quantitative estimate of drug-likeness (QED) is 0.0267. The summed E-state index contributed by atoms with van der Waals surface area (Å²) in [5, 5.41) is 41.7. The Labute approximate surface area is 516 Å². The number of rotatable bonds is 18.